The summed E-state index contributed by atoms with van der Waals surface area (Å²) in [5, 5.41) is 26.7. The molecule has 0 aliphatic rings. The third-order valence-electron chi connectivity index (χ3n) is 2.90. The number of aliphatic hydroxyl groups is 2. The Labute approximate surface area is 181 Å². The summed E-state index contributed by atoms with van der Waals surface area (Å²) in [6.45, 7) is 1.35. The number of aliphatic carboxylic acids is 1. The van der Waals surface area contributed by atoms with Crippen LogP contribution in [0.1, 0.15) is 20.8 Å². The summed E-state index contributed by atoms with van der Waals surface area (Å²) in [5.74, 6) is -0.745. The maximum atomic E-state index is 9.37. The van der Waals surface area contributed by atoms with Crippen LogP contribution in [-0.4, -0.2) is 39.5 Å². The van der Waals surface area contributed by atoms with Crippen molar-refractivity contribution in [3.63, 3.8) is 0 Å². The molecule has 9 heteroatoms. The molecule has 3 aromatic rings. The number of para-hydroxylation sites is 1. The van der Waals surface area contributed by atoms with Crippen molar-refractivity contribution < 1.29 is 38.9 Å². The van der Waals surface area contributed by atoms with Gasteiger partial charge in [0.05, 0.1) is 18.7 Å². The number of halogens is 1. The van der Waals surface area contributed by atoms with Crippen molar-refractivity contribution in [1.29, 1.82) is 0 Å². The summed E-state index contributed by atoms with van der Waals surface area (Å²) < 4.78 is 0. The number of hydrogen-bond acceptors (Lipinski definition) is 4. The largest absolute Gasteiger partial charge is 0.693 e. The standard InChI is InChI=1S/C13H9N.C3H6O2.C2H6O2.CH4.ClH.2H2N.Pt/c1-2-6-11-10(5-1)9-14-13-8-4-3-7-12(11)13;1-2-3(4)5;3-1-2-4;;;;;/h1-9H;2H2,1H3,(H,4,5);3-4H,1-2H2;1H4;1H;2*1H2;/q;;;;;2*-1;+1/p-1. The van der Waals surface area contributed by atoms with Gasteiger partial charge in [-0.1, -0.05) is 56.8 Å². The van der Waals surface area contributed by atoms with Crippen molar-refractivity contribution in [2.45, 2.75) is 20.8 Å². The van der Waals surface area contributed by atoms with E-state index in [0.29, 0.717) is 0 Å². The van der Waals surface area contributed by atoms with E-state index < -0.39 is 5.97 Å². The number of carboxylic acids is 1. The van der Waals surface area contributed by atoms with Crippen LogP contribution in [0.15, 0.2) is 54.7 Å². The molecule has 28 heavy (non-hydrogen) atoms. The minimum atomic E-state index is -0.745. The first-order valence-corrected chi connectivity index (χ1v) is 10.2. The van der Waals surface area contributed by atoms with E-state index in [2.05, 4.69) is 44.7 Å². The Hall–Kier alpha value is -1.60. The van der Waals surface area contributed by atoms with Gasteiger partial charge in [0.1, 0.15) is 0 Å². The number of carbonyl (C=O) groups is 1. The number of pyridine rings is 1. The molecule has 0 atom stereocenters. The Kier molecular flexibility index (Phi) is 26.3. The van der Waals surface area contributed by atoms with Gasteiger partial charge in [-0.05, 0) is 11.5 Å². The number of rotatable bonds is 2. The number of hydrogen-bond donors (Lipinski definition) is 3. The summed E-state index contributed by atoms with van der Waals surface area (Å²) in [6, 6.07) is 16.6. The van der Waals surface area contributed by atoms with Gasteiger partial charge in [0.15, 0.2) is 0 Å². The molecule has 0 aliphatic heterocycles. The van der Waals surface area contributed by atoms with E-state index >= 15 is 0 Å². The molecule has 0 radical (unpaired) electrons. The molecule has 0 spiro atoms. The van der Waals surface area contributed by atoms with Crippen molar-refractivity contribution in [2.75, 3.05) is 13.2 Å². The molecule has 0 saturated heterocycles. The maximum Gasteiger partial charge on any atom is 0.0708 e. The van der Waals surface area contributed by atoms with Crippen LogP contribution in [0.5, 0.6) is 0 Å². The van der Waals surface area contributed by atoms with Crippen LogP contribution in [0, 0.1) is 0 Å². The number of aliphatic hydroxyl groups excluding tert-OH is 2. The molecule has 1 aromatic heterocycles. The van der Waals surface area contributed by atoms with Gasteiger partial charge in [-0.15, -0.1) is 0 Å². The number of nitrogens with zero attached hydrogens (tertiary/aromatic N) is 1. The van der Waals surface area contributed by atoms with E-state index in [4.69, 9.17) is 15.3 Å². The molecule has 0 amide bonds. The second kappa shape index (κ2) is 21.7. The average Bonchev–Trinajstić information content (AvgIpc) is 2.70. The molecule has 2 aromatic carbocycles. The van der Waals surface area contributed by atoms with E-state index in [1.54, 1.807) is 25.7 Å². The second-order valence-electron chi connectivity index (χ2n) is 4.56. The number of aromatic nitrogens is 1. The molecule has 0 saturated carbocycles. The van der Waals surface area contributed by atoms with Gasteiger partial charge in [-0.3, -0.25) is 9.78 Å². The average molecular weight is 594 g/mol. The smallest absolute Gasteiger partial charge is 0.0708 e. The molecule has 163 valence electrons. The van der Waals surface area contributed by atoms with Gasteiger partial charge in [-0.2, -0.15) is 0 Å². The Morgan fingerprint density at radius 3 is 1.86 bits per heavy atom. The third kappa shape index (κ3) is 12.7. The van der Waals surface area contributed by atoms with Gasteiger partial charge in [0.2, 0.25) is 0 Å². The van der Waals surface area contributed by atoms with E-state index in [0.717, 1.165) is 5.52 Å². The third-order valence-corrected chi connectivity index (χ3v) is 2.90. The normalized spacial score (nSPS) is 8.07. The summed E-state index contributed by atoms with van der Waals surface area (Å²) in [5.41, 5.74) is 1.06. The topological polar surface area (TPSA) is 158 Å². The Bertz CT molecular complexity index is 706. The monoisotopic (exact) mass is 593 g/mol. The Balaban J connectivity index is -0.000000178. The molecule has 0 fully saturated rings. The van der Waals surface area contributed by atoms with Crippen molar-refractivity contribution in [3.05, 3.63) is 67.0 Å². The minimum Gasteiger partial charge on any atom is -0.693 e. The van der Waals surface area contributed by atoms with E-state index in [-0.39, 0.29) is 39.4 Å². The molecular formula is C19H29ClN3O4Pt-2. The van der Waals surface area contributed by atoms with E-state index in [1.165, 1.54) is 16.2 Å². The first-order chi connectivity index (χ1) is 12.1. The Morgan fingerprint density at radius 2 is 1.39 bits per heavy atom. The summed E-state index contributed by atoms with van der Waals surface area (Å²) in [4.78, 5) is 13.8. The predicted molar refractivity (Wildman–Crippen MR) is 115 cm³/mol. The molecule has 0 unspecified atom stereocenters. The maximum absolute atomic E-state index is 9.37. The van der Waals surface area contributed by atoms with Crippen molar-refractivity contribution in [2.24, 2.45) is 0 Å². The van der Waals surface area contributed by atoms with E-state index in [9.17, 15) is 4.79 Å². The van der Waals surface area contributed by atoms with Crippen LogP contribution in [-0.2, 0) is 23.6 Å². The van der Waals surface area contributed by atoms with Gasteiger partial charge in [0.25, 0.3) is 0 Å². The molecule has 1 heterocycles. The number of fused-ring (bicyclic) bond motifs is 3. The molecule has 0 aliphatic carbocycles. The van der Waals surface area contributed by atoms with Crippen molar-refractivity contribution >= 4 is 37.1 Å². The van der Waals surface area contributed by atoms with Crippen LogP contribution >= 0.6 is 9.42 Å². The quantitative estimate of drug-likeness (QED) is 0.330. The molecular weight excluding hydrogens is 565 g/mol. The number of benzene rings is 2. The first kappa shape index (κ1) is 33.9. The summed E-state index contributed by atoms with van der Waals surface area (Å²) in [6.07, 6.45) is 2.15. The van der Waals surface area contributed by atoms with Crippen molar-refractivity contribution in [3.8, 4) is 0 Å². The fraction of sp³-hybridized carbons (Fsp3) is 0.263. The predicted octanol–water partition coefficient (Wildman–Crippen LogP) is 5.60. The number of carboxylic acid groups (broad SMARTS) is 1. The van der Waals surface area contributed by atoms with Crippen LogP contribution in [0.3, 0.4) is 0 Å². The zero-order valence-corrected chi connectivity index (χ0v) is 17.9. The molecule has 0 bridgehead atoms. The van der Waals surface area contributed by atoms with Gasteiger partial charge >= 0.3 is 34.2 Å². The SMILES string of the molecule is C.CCC(=O)O.OCCO.[Cl][Pt].[NH2-].[NH2-].c1ccc2c(c1)cnc1ccccc12. The Morgan fingerprint density at radius 1 is 0.964 bits per heavy atom. The zero-order chi connectivity index (χ0) is 19.1. The zero-order valence-electron chi connectivity index (χ0n) is 14.9. The summed E-state index contributed by atoms with van der Waals surface area (Å²) in [7, 11) is 4.61. The molecule has 3 rings (SSSR count). The molecule has 7 N–H and O–H groups in total. The van der Waals surface area contributed by atoms with Crippen LogP contribution in [0.4, 0.5) is 0 Å². The van der Waals surface area contributed by atoms with E-state index in [1.807, 2.05) is 24.4 Å². The molecule has 7 nitrogen and oxygen atoms in total. The van der Waals surface area contributed by atoms with Crippen LogP contribution < -0.4 is 0 Å². The fourth-order valence-corrected chi connectivity index (χ4v) is 1.81. The van der Waals surface area contributed by atoms with Crippen LogP contribution in [0.25, 0.3) is 34.0 Å². The van der Waals surface area contributed by atoms with Gasteiger partial charge in [-0.25, -0.2) is 0 Å². The minimum absolute atomic E-state index is 0. The van der Waals surface area contributed by atoms with Crippen LogP contribution in [0.2, 0.25) is 0 Å². The second-order valence-corrected chi connectivity index (χ2v) is 4.56. The van der Waals surface area contributed by atoms with Gasteiger partial charge in [0, 0.05) is 23.4 Å². The van der Waals surface area contributed by atoms with Gasteiger partial charge < -0.3 is 27.6 Å². The van der Waals surface area contributed by atoms with Crippen molar-refractivity contribution in [1.82, 2.24) is 4.98 Å². The number of nitrogens with two attached hydrogens (primary N) is 2. The first-order valence-electron chi connectivity index (χ1n) is 7.42. The summed E-state index contributed by atoms with van der Waals surface area (Å²) >= 11 is 1.61. The fourth-order valence-electron chi connectivity index (χ4n) is 1.81.